The molecule has 3 aromatic rings. The van der Waals surface area contributed by atoms with Gasteiger partial charge in [-0.3, -0.25) is 14.3 Å². The van der Waals surface area contributed by atoms with Crippen LogP contribution in [0.2, 0.25) is 5.02 Å². The number of nitrogens with zero attached hydrogens (tertiary/aromatic N) is 5. The number of carbonyl (C=O) groups excluding carboxylic acids is 1. The van der Waals surface area contributed by atoms with Gasteiger partial charge in [-0.15, -0.1) is 10.2 Å². The quantitative estimate of drug-likeness (QED) is 0.453. The molecule has 1 fully saturated rings. The average Bonchev–Trinajstić information content (AvgIpc) is 3.32. The lowest BCUT2D eigenvalue weighted by atomic mass is 10.1. The standard InChI is InChI=1S/C24H28ClN5O2S/c1-18-3-6-20(15-22(18)25)30-17-26-27-24(30)33-16-23(31)29-13-11-28(12-14-29)10-9-19-4-7-21(32-2)8-5-19/h3-8,15,17H,9-14,16H2,1-2H3. The maximum atomic E-state index is 12.8. The van der Waals surface area contributed by atoms with Gasteiger partial charge in [-0.1, -0.05) is 41.6 Å². The molecule has 1 saturated heterocycles. The monoisotopic (exact) mass is 485 g/mol. The fourth-order valence-corrected chi connectivity index (χ4v) is 4.76. The third kappa shape index (κ3) is 6.07. The zero-order chi connectivity index (χ0) is 23.2. The predicted molar refractivity (Wildman–Crippen MR) is 132 cm³/mol. The lowest BCUT2D eigenvalue weighted by molar-refractivity contribution is -0.130. The Morgan fingerprint density at radius 2 is 1.88 bits per heavy atom. The van der Waals surface area contributed by atoms with Gasteiger partial charge in [0.2, 0.25) is 5.91 Å². The number of piperazine rings is 1. The number of hydrogen-bond acceptors (Lipinski definition) is 6. The summed E-state index contributed by atoms with van der Waals surface area (Å²) in [6, 6.07) is 14.0. The number of methoxy groups -OCH3 is 1. The third-order valence-electron chi connectivity index (χ3n) is 5.88. The molecule has 2 heterocycles. The van der Waals surface area contributed by atoms with Crippen LogP contribution < -0.4 is 4.74 Å². The minimum absolute atomic E-state index is 0.131. The minimum Gasteiger partial charge on any atom is -0.497 e. The van der Waals surface area contributed by atoms with Crippen molar-refractivity contribution in [3.8, 4) is 11.4 Å². The number of rotatable bonds is 8. The minimum atomic E-state index is 0.131. The van der Waals surface area contributed by atoms with Crippen LogP contribution in [0.4, 0.5) is 0 Å². The summed E-state index contributed by atoms with van der Waals surface area (Å²) in [6.45, 7) is 6.25. The van der Waals surface area contributed by atoms with Crippen LogP contribution in [0, 0.1) is 6.92 Å². The summed E-state index contributed by atoms with van der Waals surface area (Å²) >= 11 is 7.67. The highest BCUT2D eigenvalue weighted by molar-refractivity contribution is 7.99. The van der Waals surface area contributed by atoms with E-state index in [-0.39, 0.29) is 5.91 Å². The molecule has 1 aromatic heterocycles. The predicted octanol–water partition coefficient (Wildman–Crippen LogP) is 3.72. The number of carbonyl (C=O) groups is 1. The van der Waals surface area contributed by atoms with E-state index in [2.05, 4.69) is 27.2 Å². The Bertz CT molecular complexity index is 1080. The first kappa shape index (κ1) is 23.6. The van der Waals surface area contributed by atoms with E-state index in [1.54, 1.807) is 13.4 Å². The number of ether oxygens (including phenoxy) is 1. The van der Waals surface area contributed by atoms with E-state index in [1.807, 2.05) is 46.7 Å². The van der Waals surface area contributed by atoms with Gasteiger partial charge in [0, 0.05) is 37.7 Å². The van der Waals surface area contributed by atoms with Gasteiger partial charge >= 0.3 is 0 Å². The Balaban J connectivity index is 1.24. The van der Waals surface area contributed by atoms with Crippen LogP contribution in [0.3, 0.4) is 0 Å². The SMILES string of the molecule is COc1ccc(CCN2CCN(C(=O)CSc3nncn3-c3ccc(C)c(Cl)c3)CC2)cc1. The van der Waals surface area contributed by atoms with Crippen molar-refractivity contribution in [3.05, 3.63) is 64.9 Å². The topological polar surface area (TPSA) is 63.5 Å². The van der Waals surface area contributed by atoms with E-state index in [0.29, 0.717) is 15.9 Å². The lowest BCUT2D eigenvalue weighted by Crippen LogP contribution is -2.49. The molecule has 0 N–H and O–H groups in total. The highest BCUT2D eigenvalue weighted by Gasteiger charge is 2.21. The maximum absolute atomic E-state index is 12.8. The van der Waals surface area contributed by atoms with E-state index < -0.39 is 0 Å². The summed E-state index contributed by atoms with van der Waals surface area (Å²) in [5.74, 6) is 1.35. The zero-order valence-corrected chi connectivity index (χ0v) is 20.5. The van der Waals surface area contributed by atoms with Crippen LogP contribution in [0.15, 0.2) is 53.9 Å². The molecule has 0 saturated carbocycles. The van der Waals surface area contributed by atoms with Crippen LogP contribution in [-0.2, 0) is 11.2 Å². The smallest absolute Gasteiger partial charge is 0.233 e. The molecule has 33 heavy (non-hydrogen) atoms. The van der Waals surface area contributed by atoms with Crippen LogP contribution in [0.1, 0.15) is 11.1 Å². The summed E-state index contributed by atoms with van der Waals surface area (Å²) in [7, 11) is 1.68. The Morgan fingerprint density at radius 3 is 2.58 bits per heavy atom. The highest BCUT2D eigenvalue weighted by atomic mass is 35.5. The Hall–Kier alpha value is -2.55. The molecule has 7 nitrogen and oxygen atoms in total. The maximum Gasteiger partial charge on any atom is 0.233 e. The van der Waals surface area contributed by atoms with Gasteiger partial charge in [0.05, 0.1) is 18.6 Å². The number of halogens is 1. The number of amides is 1. The van der Waals surface area contributed by atoms with Gasteiger partial charge in [0.1, 0.15) is 12.1 Å². The van der Waals surface area contributed by atoms with E-state index in [9.17, 15) is 4.79 Å². The second kappa shape index (κ2) is 11.0. The summed E-state index contributed by atoms with van der Waals surface area (Å²) < 4.78 is 7.08. The molecule has 0 aliphatic carbocycles. The van der Waals surface area contributed by atoms with Gasteiger partial charge in [0.15, 0.2) is 5.16 Å². The van der Waals surface area contributed by atoms with Gasteiger partial charge < -0.3 is 9.64 Å². The second-order valence-corrected chi connectivity index (χ2v) is 9.38. The van der Waals surface area contributed by atoms with Crippen LogP contribution in [-0.4, -0.2) is 76.1 Å². The molecule has 9 heteroatoms. The summed E-state index contributed by atoms with van der Waals surface area (Å²) in [5, 5.41) is 9.57. The second-order valence-electron chi connectivity index (χ2n) is 8.03. The molecule has 1 aliphatic rings. The fourth-order valence-electron chi connectivity index (χ4n) is 3.75. The largest absolute Gasteiger partial charge is 0.497 e. The van der Waals surface area contributed by atoms with Gasteiger partial charge in [-0.25, -0.2) is 0 Å². The van der Waals surface area contributed by atoms with Crippen molar-refractivity contribution in [1.82, 2.24) is 24.6 Å². The van der Waals surface area contributed by atoms with Crippen molar-refractivity contribution in [2.75, 3.05) is 45.6 Å². The first-order valence-corrected chi connectivity index (χ1v) is 12.3. The molecular weight excluding hydrogens is 458 g/mol. The molecule has 1 amide bonds. The normalized spacial score (nSPS) is 14.5. The third-order valence-corrected chi connectivity index (χ3v) is 7.21. The van der Waals surface area contributed by atoms with Crippen molar-refractivity contribution >= 4 is 29.3 Å². The molecule has 1 aliphatic heterocycles. The molecule has 0 atom stereocenters. The molecule has 0 bridgehead atoms. The molecular formula is C24H28ClN5O2S. The molecule has 0 radical (unpaired) electrons. The molecule has 4 rings (SSSR count). The fraction of sp³-hybridized carbons (Fsp3) is 0.375. The number of aromatic nitrogens is 3. The van der Waals surface area contributed by atoms with Gasteiger partial charge in [-0.2, -0.15) is 0 Å². The molecule has 2 aromatic carbocycles. The van der Waals surface area contributed by atoms with Crippen molar-refractivity contribution in [2.45, 2.75) is 18.5 Å². The Labute approximate surface area is 203 Å². The van der Waals surface area contributed by atoms with Crippen molar-refractivity contribution in [1.29, 1.82) is 0 Å². The lowest BCUT2D eigenvalue weighted by Gasteiger charge is -2.34. The van der Waals surface area contributed by atoms with E-state index in [1.165, 1.54) is 17.3 Å². The van der Waals surface area contributed by atoms with Crippen molar-refractivity contribution in [2.24, 2.45) is 0 Å². The van der Waals surface area contributed by atoms with Gasteiger partial charge in [-0.05, 0) is 48.7 Å². The van der Waals surface area contributed by atoms with E-state index >= 15 is 0 Å². The van der Waals surface area contributed by atoms with Crippen LogP contribution in [0.25, 0.3) is 5.69 Å². The van der Waals surface area contributed by atoms with E-state index in [4.69, 9.17) is 16.3 Å². The molecule has 174 valence electrons. The number of hydrogen-bond donors (Lipinski definition) is 0. The summed E-state index contributed by atoms with van der Waals surface area (Å²) in [4.78, 5) is 17.1. The number of aryl methyl sites for hydroxylation is 1. The average molecular weight is 486 g/mol. The molecule has 0 unspecified atom stereocenters. The van der Waals surface area contributed by atoms with Crippen molar-refractivity contribution < 1.29 is 9.53 Å². The first-order chi connectivity index (χ1) is 16.0. The summed E-state index contributed by atoms with van der Waals surface area (Å²) in [6.07, 6.45) is 2.64. The Kier molecular flexibility index (Phi) is 7.90. The van der Waals surface area contributed by atoms with Gasteiger partial charge in [0.25, 0.3) is 0 Å². The molecule has 0 spiro atoms. The number of thioether (sulfide) groups is 1. The summed E-state index contributed by atoms with van der Waals surface area (Å²) in [5.41, 5.74) is 3.20. The first-order valence-electron chi connectivity index (χ1n) is 11.0. The van der Waals surface area contributed by atoms with Crippen LogP contribution >= 0.6 is 23.4 Å². The zero-order valence-electron chi connectivity index (χ0n) is 18.9. The number of benzene rings is 2. The van der Waals surface area contributed by atoms with E-state index in [0.717, 1.165) is 56.1 Å². The Morgan fingerprint density at radius 1 is 1.12 bits per heavy atom. The highest BCUT2D eigenvalue weighted by Crippen LogP contribution is 2.24. The van der Waals surface area contributed by atoms with Crippen molar-refractivity contribution in [3.63, 3.8) is 0 Å². The van der Waals surface area contributed by atoms with Crippen LogP contribution in [0.5, 0.6) is 5.75 Å².